The summed E-state index contributed by atoms with van der Waals surface area (Å²) in [6, 6.07) is -1.03. The maximum absolute atomic E-state index is 13.4. The molecule has 11 nitrogen and oxygen atoms in total. The van der Waals surface area contributed by atoms with Crippen molar-refractivity contribution in [2.45, 2.75) is 320 Å². The van der Waals surface area contributed by atoms with E-state index in [-0.39, 0.29) is 19.4 Å². The molecule has 11 heteroatoms. The molecule has 1 rings (SSSR count). The van der Waals surface area contributed by atoms with Gasteiger partial charge >= 0.3 is 5.97 Å². The summed E-state index contributed by atoms with van der Waals surface area (Å²) in [6.07, 6.45) is 54.0. The summed E-state index contributed by atoms with van der Waals surface area (Å²) in [5.41, 5.74) is 0. The number of aliphatic hydroxyl groups excluding tert-OH is 5. The predicted octanol–water partition coefficient (Wildman–Crippen LogP) is 14.6. The zero-order chi connectivity index (χ0) is 54.7. The van der Waals surface area contributed by atoms with Gasteiger partial charge in [-0.1, -0.05) is 236 Å². The molecule has 75 heavy (non-hydrogen) atoms. The van der Waals surface area contributed by atoms with Gasteiger partial charge in [-0.3, -0.25) is 9.59 Å². The normalized spacial score (nSPS) is 19.6. The number of hydrogen-bond donors (Lipinski definition) is 6. The van der Waals surface area contributed by atoms with E-state index in [2.05, 4.69) is 74.7 Å². The Morgan fingerprint density at radius 3 is 1.41 bits per heavy atom. The van der Waals surface area contributed by atoms with E-state index in [1.54, 1.807) is 6.08 Å². The minimum atomic E-state index is -1.62. The van der Waals surface area contributed by atoms with Crippen LogP contribution in [0.5, 0.6) is 0 Å². The van der Waals surface area contributed by atoms with Gasteiger partial charge in [0.25, 0.3) is 0 Å². The van der Waals surface area contributed by atoms with Crippen LogP contribution in [-0.4, -0.2) is 99.6 Å². The zero-order valence-electron chi connectivity index (χ0n) is 48.2. The standard InChI is InChI=1S/C64H115NO10/c1-4-7-10-13-16-19-22-25-26-27-28-29-30-31-34-36-39-42-45-48-51-57(68)63(72)65-55(56(67)50-47-44-41-38-35-32-23-20-17-14-11-8-5-2)54-73-64-62(61(71)60(70)58(53-66)74-64)75-59(69)52-49-46-43-40-37-33-24-21-18-15-12-9-6-3/h16,19,25-26,28-29,33,37,47,50,55-58,60-62,64,66-68,70-71H,4-15,17-18,20-24,27,30-32,34-36,38-46,48-49,51-54H2,1-3H3,(H,65,72)/b19-16-,26-25-,29-28-,37-33-,50-47+. The Bertz CT molecular complexity index is 1450. The van der Waals surface area contributed by atoms with E-state index in [4.69, 9.17) is 14.2 Å². The van der Waals surface area contributed by atoms with Crippen molar-refractivity contribution < 1.29 is 49.3 Å². The number of esters is 1. The number of carbonyl (C=O) groups excluding carboxylic acids is 2. The largest absolute Gasteiger partial charge is 0.454 e. The van der Waals surface area contributed by atoms with Crippen LogP contribution < -0.4 is 5.32 Å². The molecule has 6 N–H and O–H groups in total. The number of carbonyl (C=O) groups is 2. The maximum Gasteiger partial charge on any atom is 0.306 e. The van der Waals surface area contributed by atoms with Crippen LogP contribution in [-0.2, 0) is 23.8 Å². The number of aliphatic hydroxyl groups is 5. The van der Waals surface area contributed by atoms with Crippen LogP contribution >= 0.6 is 0 Å². The molecule has 8 atom stereocenters. The molecule has 0 aromatic rings. The van der Waals surface area contributed by atoms with Gasteiger partial charge in [0.2, 0.25) is 5.91 Å². The predicted molar refractivity (Wildman–Crippen MR) is 310 cm³/mol. The minimum absolute atomic E-state index is 0.102. The van der Waals surface area contributed by atoms with Gasteiger partial charge < -0.3 is 45.1 Å². The van der Waals surface area contributed by atoms with Crippen molar-refractivity contribution in [3.05, 3.63) is 60.8 Å². The Hall–Kier alpha value is -2.64. The monoisotopic (exact) mass is 1060 g/mol. The Kier molecular flexibility index (Phi) is 48.9. The molecule has 436 valence electrons. The van der Waals surface area contributed by atoms with Crippen LogP contribution in [0.1, 0.15) is 271 Å². The second-order valence-corrected chi connectivity index (χ2v) is 21.4. The van der Waals surface area contributed by atoms with Gasteiger partial charge in [-0.15, -0.1) is 0 Å². The molecule has 1 aliphatic rings. The number of allylic oxidation sites excluding steroid dienone is 9. The maximum atomic E-state index is 13.4. The highest BCUT2D eigenvalue weighted by atomic mass is 16.7. The molecule has 0 aromatic carbocycles. The highest BCUT2D eigenvalue weighted by molar-refractivity contribution is 5.80. The summed E-state index contributed by atoms with van der Waals surface area (Å²) < 4.78 is 17.6. The van der Waals surface area contributed by atoms with E-state index >= 15 is 0 Å². The van der Waals surface area contributed by atoms with Gasteiger partial charge in [0.15, 0.2) is 12.4 Å². The van der Waals surface area contributed by atoms with Crippen LogP contribution in [0.15, 0.2) is 60.8 Å². The lowest BCUT2D eigenvalue weighted by Crippen LogP contribution is -2.61. The Morgan fingerprint density at radius 2 is 0.920 bits per heavy atom. The second kappa shape index (κ2) is 52.1. The van der Waals surface area contributed by atoms with Gasteiger partial charge in [-0.25, -0.2) is 0 Å². The molecule has 1 aliphatic heterocycles. The topological polar surface area (TPSA) is 175 Å². The van der Waals surface area contributed by atoms with Crippen LogP contribution in [0, 0.1) is 0 Å². The van der Waals surface area contributed by atoms with Crippen molar-refractivity contribution in [3.8, 4) is 0 Å². The Labute approximate surface area is 458 Å². The molecule has 1 fully saturated rings. The molecule has 0 saturated carbocycles. The molecule has 8 unspecified atom stereocenters. The summed E-state index contributed by atoms with van der Waals surface area (Å²) in [4.78, 5) is 26.5. The SMILES string of the molecule is CCCCC/C=C\C/C=C\C/C=C\CCCCCCCCCC(O)C(=O)NC(COC1OC(CO)C(O)C(O)C1OC(=O)CCCCC/C=C\CCCCCCCC)C(O)/C=C/CCCCCCCCCCCCC. The van der Waals surface area contributed by atoms with E-state index in [0.29, 0.717) is 12.8 Å². The van der Waals surface area contributed by atoms with Crippen molar-refractivity contribution >= 4 is 11.9 Å². The highest BCUT2D eigenvalue weighted by Crippen LogP contribution is 2.26. The van der Waals surface area contributed by atoms with Gasteiger partial charge in [-0.05, 0) is 89.9 Å². The van der Waals surface area contributed by atoms with Crippen molar-refractivity contribution in [3.63, 3.8) is 0 Å². The minimum Gasteiger partial charge on any atom is -0.454 e. The lowest BCUT2D eigenvalue weighted by molar-refractivity contribution is -0.305. The summed E-state index contributed by atoms with van der Waals surface area (Å²) >= 11 is 0. The third-order valence-corrected chi connectivity index (χ3v) is 14.4. The molecule has 0 bridgehead atoms. The number of amides is 1. The zero-order valence-corrected chi connectivity index (χ0v) is 48.2. The lowest BCUT2D eigenvalue weighted by atomic mass is 9.99. The van der Waals surface area contributed by atoms with Crippen LogP contribution in [0.3, 0.4) is 0 Å². The average molecular weight is 1060 g/mol. The molecule has 1 saturated heterocycles. The Morgan fingerprint density at radius 1 is 0.520 bits per heavy atom. The van der Waals surface area contributed by atoms with Gasteiger partial charge in [-0.2, -0.15) is 0 Å². The number of unbranched alkanes of at least 4 members (excludes halogenated alkanes) is 30. The van der Waals surface area contributed by atoms with E-state index in [1.165, 1.54) is 135 Å². The number of nitrogens with one attached hydrogen (secondary N) is 1. The van der Waals surface area contributed by atoms with Gasteiger partial charge in [0, 0.05) is 6.42 Å². The Balaban J connectivity index is 2.70. The van der Waals surface area contributed by atoms with Crippen LogP contribution in [0.25, 0.3) is 0 Å². The molecule has 0 aliphatic carbocycles. The van der Waals surface area contributed by atoms with Crippen molar-refractivity contribution in [2.75, 3.05) is 13.2 Å². The molecule has 0 spiro atoms. The van der Waals surface area contributed by atoms with Crippen molar-refractivity contribution in [1.29, 1.82) is 0 Å². The fraction of sp³-hybridized carbons (Fsp3) is 0.812. The fourth-order valence-electron chi connectivity index (χ4n) is 9.42. The highest BCUT2D eigenvalue weighted by Gasteiger charge is 2.47. The summed E-state index contributed by atoms with van der Waals surface area (Å²) in [5.74, 6) is -1.22. The first-order valence-corrected chi connectivity index (χ1v) is 31.1. The third-order valence-electron chi connectivity index (χ3n) is 14.4. The first-order valence-electron chi connectivity index (χ1n) is 31.1. The summed E-state index contributed by atoms with van der Waals surface area (Å²) in [6.45, 7) is 5.74. The molecule has 0 radical (unpaired) electrons. The van der Waals surface area contributed by atoms with Crippen molar-refractivity contribution in [1.82, 2.24) is 5.32 Å². The van der Waals surface area contributed by atoms with E-state index in [1.807, 2.05) is 6.08 Å². The fourth-order valence-corrected chi connectivity index (χ4v) is 9.42. The molecule has 0 aromatic heterocycles. The summed E-state index contributed by atoms with van der Waals surface area (Å²) in [5, 5.41) is 56.9. The first-order chi connectivity index (χ1) is 36.7. The number of rotatable bonds is 52. The molecule has 1 heterocycles. The average Bonchev–Trinajstić information content (AvgIpc) is 3.41. The number of hydrogen-bond acceptors (Lipinski definition) is 10. The third kappa shape index (κ3) is 40.2. The van der Waals surface area contributed by atoms with E-state index in [9.17, 15) is 35.1 Å². The van der Waals surface area contributed by atoms with Gasteiger partial charge in [0.05, 0.1) is 25.4 Å². The van der Waals surface area contributed by atoms with E-state index in [0.717, 1.165) is 89.9 Å². The van der Waals surface area contributed by atoms with Crippen LogP contribution in [0.2, 0.25) is 0 Å². The summed E-state index contributed by atoms with van der Waals surface area (Å²) in [7, 11) is 0. The van der Waals surface area contributed by atoms with Crippen LogP contribution in [0.4, 0.5) is 0 Å². The van der Waals surface area contributed by atoms with Crippen molar-refractivity contribution in [2.24, 2.45) is 0 Å². The molecule has 1 amide bonds. The van der Waals surface area contributed by atoms with Gasteiger partial charge in [0.1, 0.15) is 24.4 Å². The number of ether oxygens (including phenoxy) is 3. The lowest BCUT2D eigenvalue weighted by Gasteiger charge is -2.41. The molecular weight excluding hydrogens is 943 g/mol. The molecular formula is C64H115NO10. The van der Waals surface area contributed by atoms with E-state index < -0.39 is 67.4 Å². The smallest absolute Gasteiger partial charge is 0.306 e. The second-order valence-electron chi connectivity index (χ2n) is 21.4. The quantitative estimate of drug-likeness (QED) is 0.0195. The first kappa shape index (κ1) is 70.4.